The molecule has 0 saturated heterocycles. The number of hydrogen-bond acceptors (Lipinski definition) is 2. The second-order valence-corrected chi connectivity index (χ2v) is 5.51. The summed E-state index contributed by atoms with van der Waals surface area (Å²) in [5, 5.41) is 11.3. The van der Waals surface area contributed by atoms with Crippen molar-refractivity contribution in [2.24, 2.45) is 16.7 Å². The van der Waals surface area contributed by atoms with E-state index in [1.165, 1.54) is 0 Å². The lowest BCUT2D eigenvalue weighted by molar-refractivity contribution is -0.316. The second-order valence-electron chi connectivity index (χ2n) is 5.05. The molecule has 0 aromatic rings. The fraction of sp³-hybridized carbons (Fsp3) is 0.727. The third-order valence-corrected chi connectivity index (χ3v) is 4.70. The van der Waals surface area contributed by atoms with E-state index in [-0.39, 0.29) is 5.41 Å². The number of carbonyl (C=O) groups excluding carboxylic acids is 1. The van der Waals surface area contributed by atoms with Crippen molar-refractivity contribution in [2.45, 2.75) is 33.1 Å². The van der Waals surface area contributed by atoms with Gasteiger partial charge in [0, 0.05) is 5.41 Å². The first-order chi connectivity index (χ1) is 6.45. The highest BCUT2D eigenvalue weighted by molar-refractivity contribution is 9.11. The van der Waals surface area contributed by atoms with Gasteiger partial charge in [-0.05, 0) is 41.2 Å². The van der Waals surface area contributed by atoms with Gasteiger partial charge in [-0.15, -0.1) is 0 Å². The van der Waals surface area contributed by atoms with Crippen LogP contribution in [0.5, 0.6) is 0 Å². The standard InChI is InChI=1S/C11H15BrO2/c1-10(2)7-3-4-11(5-7,9(13)14)8(10)6-12/h6-7H,3-5H2,1-2H3,(H,13,14)/p-1/b8-6-/t7-,11+/m1/s1. The Bertz CT molecular complexity index is 319. The SMILES string of the molecule is CC1(C)/C(=C/Br)[C@]2(C(=O)[O-])CC[C@@H]1C2. The summed E-state index contributed by atoms with van der Waals surface area (Å²) in [4.78, 5) is 13.1. The minimum absolute atomic E-state index is 0.0157. The third-order valence-electron chi connectivity index (χ3n) is 4.24. The molecule has 2 rings (SSSR count). The van der Waals surface area contributed by atoms with E-state index in [0.29, 0.717) is 5.92 Å². The van der Waals surface area contributed by atoms with Crippen LogP contribution in [-0.4, -0.2) is 5.97 Å². The molecule has 0 amide bonds. The molecule has 0 aliphatic heterocycles. The van der Waals surface area contributed by atoms with Gasteiger partial charge in [0.25, 0.3) is 0 Å². The van der Waals surface area contributed by atoms with Crippen molar-refractivity contribution in [3.05, 3.63) is 10.6 Å². The molecule has 3 heteroatoms. The number of fused-ring (bicyclic) bond motifs is 2. The molecular weight excluding hydrogens is 244 g/mol. The predicted molar refractivity (Wildman–Crippen MR) is 55.6 cm³/mol. The van der Waals surface area contributed by atoms with Gasteiger partial charge in [-0.2, -0.15) is 0 Å². The van der Waals surface area contributed by atoms with Gasteiger partial charge in [0.15, 0.2) is 0 Å². The average molecular weight is 258 g/mol. The van der Waals surface area contributed by atoms with Gasteiger partial charge in [0.2, 0.25) is 0 Å². The Morgan fingerprint density at radius 1 is 1.64 bits per heavy atom. The molecule has 78 valence electrons. The molecule has 0 aromatic carbocycles. The molecule has 14 heavy (non-hydrogen) atoms. The highest BCUT2D eigenvalue weighted by atomic mass is 79.9. The first kappa shape index (κ1) is 10.2. The van der Waals surface area contributed by atoms with Gasteiger partial charge in [-0.25, -0.2) is 0 Å². The van der Waals surface area contributed by atoms with Crippen LogP contribution in [0.3, 0.4) is 0 Å². The Morgan fingerprint density at radius 3 is 2.71 bits per heavy atom. The van der Waals surface area contributed by atoms with Crippen molar-refractivity contribution >= 4 is 21.9 Å². The molecule has 2 nitrogen and oxygen atoms in total. The van der Waals surface area contributed by atoms with E-state index in [1.54, 1.807) is 0 Å². The van der Waals surface area contributed by atoms with E-state index < -0.39 is 11.4 Å². The molecule has 2 bridgehead atoms. The zero-order chi connectivity index (χ0) is 10.6. The zero-order valence-corrected chi connectivity index (χ0v) is 10.1. The number of aliphatic carboxylic acids is 1. The average Bonchev–Trinajstić information content (AvgIpc) is 2.58. The fourth-order valence-corrected chi connectivity index (χ4v) is 4.31. The number of hydrogen-bond donors (Lipinski definition) is 0. The van der Waals surface area contributed by atoms with Crippen molar-refractivity contribution in [2.75, 3.05) is 0 Å². The molecule has 2 atom stereocenters. The highest BCUT2D eigenvalue weighted by Crippen LogP contribution is 2.65. The van der Waals surface area contributed by atoms with E-state index in [0.717, 1.165) is 24.8 Å². The van der Waals surface area contributed by atoms with Crippen LogP contribution in [0, 0.1) is 16.7 Å². The largest absolute Gasteiger partial charge is 0.549 e. The minimum atomic E-state index is -0.892. The van der Waals surface area contributed by atoms with Crippen LogP contribution in [0.15, 0.2) is 10.6 Å². The minimum Gasteiger partial charge on any atom is -0.549 e. The van der Waals surface area contributed by atoms with Gasteiger partial charge >= 0.3 is 0 Å². The van der Waals surface area contributed by atoms with Crippen molar-refractivity contribution < 1.29 is 9.90 Å². The molecule has 0 unspecified atom stereocenters. The molecule has 0 aromatic heterocycles. The fourth-order valence-electron chi connectivity index (χ4n) is 3.28. The van der Waals surface area contributed by atoms with Crippen LogP contribution >= 0.6 is 15.9 Å². The summed E-state index contributed by atoms with van der Waals surface area (Å²) >= 11 is 3.30. The van der Waals surface area contributed by atoms with Gasteiger partial charge in [0.1, 0.15) is 0 Å². The summed E-state index contributed by atoms with van der Waals surface area (Å²) in [6.45, 7) is 4.27. The smallest absolute Gasteiger partial charge is 0.0517 e. The topological polar surface area (TPSA) is 40.1 Å². The van der Waals surface area contributed by atoms with Crippen LogP contribution in [0.2, 0.25) is 0 Å². The summed E-state index contributed by atoms with van der Waals surface area (Å²) in [6, 6.07) is 0. The number of carbonyl (C=O) groups is 1. The predicted octanol–water partition coefficient (Wildman–Crippen LogP) is 1.84. The summed E-state index contributed by atoms with van der Waals surface area (Å²) in [7, 11) is 0. The number of rotatable bonds is 1. The number of halogens is 1. The lowest BCUT2D eigenvalue weighted by Crippen LogP contribution is -2.42. The molecule has 0 heterocycles. The lowest BCUT2D eigenvalue weighted by Gasteiger charge is -2.38. The number of carboxylic acids is 1. The molecule has 0 spiro atoms. The van der Waals surface area contributed by atoms with E-state index in [2.05, 4.69) is 29.8 Å². The monoisotopic (exact) mass is 257 g/mol. The van der Waals surface area contributed by atoms with E-state index in [1.807, 2.05) is 4.99 Å². The van der Waals surface area contributed by atoms with Gasteiger partial charge in [-0.3, -0.25) is 0 Å². The summed E-state index contributed by atoms with van der Waals surface area (Å²) < 4.78 is 0. The number of carboxylic acid groups (broad SMARTS) is 1. The first-order valence-electron chi connectivity index (χ1n) is 4.98. The third kappa shape index (κ3) is 0.992. The van der Waals surface area contributed by atoms with E-state index in [9.17, 15) is 9.90 Å². The molecular formula is C11H14BrO2-. The van der Waals surface area contributed by atoms with Crippen LogP contribution in [0.1, 0.15) is 33.1 Å². The Labute approximate surface area is 92.5 Å². The van der Waals surface area contributed by atoms with Crippen molar-refractivity contribution in [1.82, 2.24) is 0 Å². The quantitative estimate of drug-likeness (QED) is 0.720. The summed E-state index contributed by atoms with van der Waals surface area (Å²) in [5.41, 5.74) is 0.362. The van der Waals surface area contributed by atoms with Gasteiger partial charge < -0.3 is 9.90 Å². The van der Waals surface area contributed by atoms with Crippen molar-refractivity contribution in [3.63, 3.8) is 0 Å². The molecule has 2 saturated carbocycles. The Balaban J connectivity index is 2.52. The maximum atomic E-state index is 11.3. The maximum absolute atomic E-state index is 11.3. The summed E-state index contributed by atoms with van der Waals surface area (Å²) in [5.74, 6) is -0.388. The molecule has 2 aliphatic rings. The van der Waals surface area contributed by atoms with Crippen LogP contribution in [-0.2, 0) is 4.79 Å². The van der Waals surface area contributed by atoms with Crippen LogP contribution in [0.25, 0.3) is 0 Å². The van der Waals surface area contributed by atoms with Gasteiger partial charge in [0.05, 0.1) is 5.97 Å². The first-order valence-corrected chi connectivity index (χ1v) is 5.89. The Hall–Kier alpha value is -0.310. The molecule has 2 aliphatic carbocycles. The zero-order valence-electron chi connectivity index (χ0n) is 8.47. The normalized spacial score (nSPS) is 41.9. The van der Waals surface area contributed by atoms with E-state index in [4.69, 9.17) is 0 Å². The second kappa shape index (κ2) is 2.84. The lowest BCUT2D eigenvalue weighted by atomic mass is 9.68. The van der Waals surface area contributed by atoms with Crippen molar-refractivity contribution in [1.29, 1.82) is 0 Å². The molecule has 0 N–H and O–H groups in total. The molecule has 2 fully saturated rings. The van der Waals surface area contributed by atoms with Crippen LogP contribution < -0.4 is 5.11 Å². The highest BCUT2D eigenvalue weighted by Gasteiger charge is 2.58. The maximum Gasteiger partial charge on any atom is 0.0517 e. The summed E-state index contributed by atoms with van der Waals surface area (Å²) in [6.07, 6.45) is 2.53. The molecule has 0 radical (unpaired) electrons. The van der Waals surface area contributed by atoms with Gasteiger partial charge in [-0.1, -0.05) is 29.8 Å². The Kier molecular flexibility index (Phi) is 2.08. The Morgan fingerprint density at radius 2 is 2.29 bits per heavy atom. The van der Waals surface area contributed by atoms with Crippen molar-refractivity contribution in [3.8, 4) is 0 Å². The van der Waals surface area contributed by atoms with Crippen LogP contribution in [0.4, 0.5) is 0 Å². The van der Waals surface area contributed by atoms with E-state index >= 15 is 0 Å².